The van der Waals surface area contributed by atoms with Crippen molar-refractivity contribution >= 4 is 55.2 Å². The molecule has 0 aliphatic heterocycles. The van der Waals surface area contributed by atoms with Crippen LogP contribution in [0.15, 0.2) is 22.7 Å². The van der Waals surface area contributed by atoms with Crippen molar-refractivity contribution in [3.05, 3.63) is 37.4 Å². The van der Waals surface area contributed by atoms with Crippen LogP contribution in [0.5, 0.6) is 5.75 Å². The SMILES string of the molecule is CCOc1cc2nn(-c3cc(C)c(I)cc3C)nc2c(Br)c1N. The number of anilines is 1. The monoisotopic (exact) mass is 486 g/mol. The van der Waals surface area contributed by atoms with Gasteiger partial charge in [0.25, 0.3) is 0 Å². The number of hydrogen-bond donors (Lipinski definition) is 1. The van der Waals surface area contributed by atoms with Gasteiger partial charge in [0.1, 0.15) is 16.8 Å². The number of nitrogen functional groups attached to an aromatic ring is 1. The third-order valence-electron chi connectivity index (χ3n) is 3.61. The van der Waals surface area contributed by atoms with Gasteiger partial charge in [0, 0.05) is 9.64 Å². The van der Waals surface area contributed by atoms with E-state index in [0.29, 0.717) is 22.5 Å². The van der Waals surface area contributed by atoms with E-state index in [-0.39, 0.29) is 0 Å². The van der Waals surface area contributed by atoms with Gasteiger partial charge in [-0.25, -0.2) is 0 Å². The zero-order chi connectivity index (χ0) is 16.7. The topological polar surface area (TPSA) is 66.0 Å². The van der Waals surface area contributed by atoms with Crippen molar-refractivity contribution in [2.45, 2.75) is 20.8 Å². The van der Waals surface area contributed by atoms with Gasteiger partial charge in [0.05, 0.1) is 22.5 Å². The van der Waals surface area contributed by atoms with Gasteiger partial charge in [-0.1, -0.05) is 0 Å². The maximum absolute atomic E-state index is 6.11. The summed E-state index contributed by atoms with van der Waals surface area (Å²) in [4.78, 5) is 1.66. The first-order chi connectivity index (χ1) is 10.9. The molecule has 0 saturated heterocycles. The average molecular weight is 487 g/mol. The molecule has 0 atom stereocenters. The molecule has 2 N–H and O–H groups in total. The van der Waals surface area contributed by atoms with Crippen LogP contribution >= 0.6 is 38.5 Å². The number of aromatic nitrogens is 3. The maximum atomic E-state index is 6.11. The molecule has 0 fully saturated rings. The van der Waals surface area contributed by atoms with Crippen LogP contribution < -0.4 is 10.5 Å². The lowest BCUT2D eigenvalue weighted by atomic mass is 10.1. The summed E-state index contributed by atoms with van der Waals surface area (Å²) in [6.07, 6.45) is 0. The van der Waals surface area contributed by atoms with Gasteiger partial charge >= 0.3 is 0 Å². The highest BCUT2D eigenvalue weighted by molar-refractivity contribution is 14.1. The molecule has 3 aromatic rings. The Balaban J connectivity index is 2.21. The summed E-state index contributed by atoms with van der Waals surface area (Å²) in [5, 5.41) is 9.19. The van der Waals surface area contributed by atoms with E-state index in [1.54, 1.807) is 4.80 Å². The Hall–Kier alpha value is -1.35. The van der Waals surface area contributed by atoms with Crippen molar-refractivity contribution in [2.24, 2.45) is 0 Å². The summed E-state index contributed by atoms with van der Waals surface area (Å²) >= 11 is 5.84. The molecule has 0 bridgehead atoms. The number of aryl methyl sites for hydroxylation is 2. The number of ether oxygens (including phenoxy) is 1. The minimum Gasteiger partial charge on any atom is -0.492 e. The molecule has 23 heavy (non-hydrogen) atoms. The molecule has 0 aliphatic carbocycles. The standard InChI is InChI=1S/C16H16BrIN4O/c1-4-23-13-7-11-16(14(17)15(13)19)21-22(20-11)12-6-8(2)10(18)5-9(12)3/h5-7H,4,19H2,1-3H3. The highest BCUT2D eigenvalue weighted by Crippen LogP contribution is 2.36. The molecule has 1 aromatic heterocycles. The molecule has 0 amide bonds. The normalized spacial score (nSPS) is 11.2. The summed E-state index contributed by atoms with van der Waals surface area (Å²) in [7, 11) is 0. The summed E-state index contributed by atoms with van der Waals surface area (Å²) in [6.45, 7) is 6.60. The Morgan fingerprint density at radius 2 is 1.96 bits per heavy atom. The fraction of sp³-hybridized carbons (Fsp3) is 0.250. The summed E-state index contributed by atoms with van der Waals surface area (Å²) in [6, 6.07) is 6.06. The highest BCUT2D eigenvalue weighted by atomic mass is 127. The van der Waals surface area contributed by atoms with Crippen molar-refractivity contribution in [2.75, 3.05) is 12.3 Å². The van der Waals surface area contributed by atoms with E-state index in [2.05, 4.69) is 74.7 Å². The first-order valence-corrected chi connectivity index (χ1v) is 9.04. The fourth-order valence-corrected chi connectivity index (χ4v) is 3.47. The predicted octanol–water partition coefficient (Wildman–Crippen LogP) is 4.39. The van der Waals surface area contributed by atoms with Crippen LogP contribution in [0.25, 0.3) is 16.7 Å². The van der Waals surface area contributed by atoms with E-state index in [0.717, 1.165) is 22.3 Å². The molecule has 5 nitrogen and oxygen atoms in total. The Morgan fingerprint density at radius 1 is 1.22 bits per heavy atom. The quantitative estimate of drug-likeness (QED) is 0.440. The van der Waals surface area contributed by atoms with E-state index in [1.807, 2.05) is 13.0 Å². The molecule has 1 heterocycles. The zero-order valence-corrected chi connectivity index (χ0v) is 16.8. The largest absolute Gasteiger partial charge is 0.492 e. The second kappa shape index (κ2) is 6.27. The molecule has 120 valence electrons. The number of hydrogen-bond acceptors (Lipinski definition) is 4. The Bertz CT molecular complexity index is 907. The van der Waals surface area contributed by atoms with Gasteiger partial charge in [0.15, 0.2) is 0 Å². The first-order valence-electron chi connectivity index (χ1n) is 7.17. The summed E-state index contributed by atoms with van der Waals surface area (Å²) < 4.78 is 7.51. The van der Waals surface area contributed by atoms with Gasteiger partial charge in [-0.15, -0.1) is 10.2 Å². The summed E-state index contributed by atoms with van der Waals surface area (Å²) in [5.41, 5.74) is 11.4. The van der Waals surface area contributed by atoms with Crippen LogP contribution in [0.4, 0.5) is 5.69 Å². The van der Waals surface area contributed by atoms with Gasteiger partial charge in [-0.2, -0.15) is 4.80 Å². The van der Waals surface area contributed by atoms with E-state index < -0.39 is 0 Å². The Kier molecular flexibility index (Phi) is 4.50. The predicted molar refractivity (Wildman–Crippen MR) is 104 cm³/mol. The molecular formula is C16H16BrIN4O. The second-order valence-corrected chi connectivity index (χ2v) is 7.24. The maximum Gasteiger partial charge on any atom is 0.145 e. The van der Waals surface area contributed by atoms with Crippen LogP contribution in [-0.4, -0.2) is 21.6 Å². The molecule has 0 unspecified atom stereocenters. The number of benzene rings is 2. The molecular weight excluding hydrogens is 471 g/mol. The van der Waals surface area contributed by atoms with Crippen LogP contribution in [0.1, 0.15) is 18.1 Å². The van der Waals surface area contributed by atoms with E-state index >= 15 is 0 Å². The molecule has 2 aromatic carbocycles. The van der Waals surface area contributed by atoms with Crippen molar-refractivity contribution in [1.29, 1.82) is 0 Å². The smallest absolute Gasteiger partial charge is 0.145 e. The average Bonchev–Trinajstić information content (AvgIpc) is 2.92. The third kappa shape index (κ3) is 2.91. The molecule has 0 spiro atoms. The lowest BCUT2D eigenvalue weighted by Crippen LogP contribution is -2.02. The van der Waals surface area contributed by atoms with Gasteiger partial charge in [-0.05, 0) is 82.6 Å². The molecule has 0 saturated carbocycles. The fourth-order valence-electron chi connectivity index (χ4n) is 2.37. The lowest BCUT2D eigenvalue weighted by molar-refractivity contribution is 0.342. The number of halogens is 2. The van der Waals surface area contributed by atoms with Crippen LogP contribution in [0, 0.1) is 17.4 Å². The molecule has 0 radical (unpaired) electrons. The third-order valence-corrected chi connectivity index (χ3v) is 5.57. The number of rotatable bonds is 3. The second-order valence-electron chi connectivity index (χ2n) is 5.28. The lowest BCUT2D eigenvalue weighted by Gasteiger charge is -2.07. The van der Waals surface area contributed by atoms with Crippen LogP contribution in [0.3, 0.4) is 0 Å². The summed E-state index contributed by atoms with van der Waals surface area (Å²) in [5.74, 6) is 0.620. The first kappa shape index (κ1) is 16.5. The molecule has 3 rings (SSSR count). The Labute approximate surface area is 156 Å². The van der Waals surface area contributed by atoms with Crippen LogP contribution in [0.2, 0.25) is 0 Å². The van der Waals surface area contributed by atoms with Gasteiger partial charge < -0.3 is 10.5 Å². The van der Waals surface area contributed by atoms with Crippen molar-refractivity contribution < 1.29 is 4.74 Å². The zero-order valence-electron chi connectivity index (χ0n) is 13.0. The Morgan fingerprint density at radius 3 is 2.65 bits per heavy atom. The minimum atomic E-state index is 0.543. The number of fused-ring (bicyclic) bond motifs is 1. The molecule has 7 heteroatoms. The van der Waals surface area contributed by atoms with E-state index in [9.17, 15) is 0 Å². The van der Waals surface area contributed by atoms with E-state index in [1.165, 1.54) is 9.13 Å². The van der Waals surface area contributed by atoms with Crippen LogP contribution in [-0.2, 0) is 0 Å². The van der Waals surface area contributed by atoms with Gasteiger partial charge in [-0.3, -0.25) is 0 Å². The van der Waals surface area contributed by atoms with E-state index in [4.69, 9.17) is 10.5 Å². The highest BCUT2D eigenvalue weighted by Gasteiger charge is 2.16. The van der Waals surface area contributed by atoms with Crippen molar-refractivity contribution in [3.8, 4) is 11.4 Å². The number of nitrogens with two attached hydrogens (primary N) is 1. The van der Waals surface area contributed by atoms with Crippen molar-refractivity contribution in [3.63, 3.8) is 0 Å². The van der Waals surface area contributed by atoms with Crippen molar-refractivity contribution in [1.82, 2.24) is 15.0 Å². The minimum absolute atomic E-state index is 0.543. The number of nitrogens with zero attached hydrogens (tertiary/aromatic N) is 3. The van der Waals surface area contributed by atoms with Gasteiger partial charge in [0.2, 0.25) is 0 Å². The molecule has 0 aliphatic rings.